The lowest BCUT2D eigenvalue weighted by Gasteiger charge is -2.20. The molecule has 3 rings (SSSR count). The van der Waals surface area contributed by atoms with Gasteiger partial charge in [0.1, 0.15) is 17.6 Å². The van der Waals surface area contributed by atoms with Crippen molar-refractivity contribution in [3.8, 4) is 5.75 Å². The van der Waals surface area contributed by atoms with E-state index in [4.69, 9.17) is 4.74 Å². The van der Waals surface area contributed by atoms with Crippen molar-refractivity contribution in [1.29, 1.82) is 0 Å². The molecule has 0 spiro atoms. The fourth-order valence-electron chi connectivity index (χ4n) is 2.88. The van der Waals surface area contributed by atoms with Gasteiger partial charge in [0.25, 0.3) is 0 Å². The highest BCUT2D eigenvalue weighted by molar-refractivity contribution is 5.79. The summed E-state index contributed by atoms with van der Waals surface area (Å²) < 4.78 is 7.24. The highest BCUT2D eigenvalue weighted by atomic mass is 16.5. The van der Waals surface area contributed by atoms with Crippen molar-refractivity contribution in [2.45, 2.75) is 19.4 Å². The molecule has 1 atom stereocenters. The lowest BCUT2D eigenvalue weighted by molar-refractivity contribution is -0.121. The third kappa shape index (κ3) is 4.11. The molecule has 0 saturated heterocycles. The quantitative estimate of drug-likeness (QED) is 0.744. The van der Waals surface area contributed by atoms with E-state index in [1.807, 2.05) is 73.3 Å². The van der Waals surface area contributed by atoms with E-state index in [2.05, 4.69) is 10.3 Å². The zero-order chi connectivity index (χ0) is 18.5. The van der Waals surface area contributed by atoms with E-state index in [1.54, 1.807) is 13.3 Å². The van der Waals surface area contributed by atoms with Crippen molar-refractivity contribution in [1.82, 2.24) is 14.9 Å². The molecule has 1 amide bonds. The maximum atomic E-state index is 12.7. The fourth-order valence-corrected chi connectivity index (χ4v) is 2.88. The maximum Gasteiger partial charge on any atom is 0.225 e. The first kappa shape index (κ1) is 17.7. The van der Waals surface area contributed by atoms with E-state index in [0.29, 0.717) is 6.42 Å². The third-order valence-electron chi connectivity index (χ3n) is 4.33. The Kier molecular flexibility index (Phi) is 5.37. The minimum absolute atomic E-state index is 0.0512. The van der Waals surface area contributed by atoms with Crippen LogP contribution in [0, 0.1) is 6.92 Å². The summed E-state index contributed by atoms with van der Waals surface area (Å²) in [6.45, 7) is 2.03. The average molecular weight is 349 g/mol. The van der Waals surface area contributed by atoms with Crippen LogP contribution >= 0.6 is 0 Å². The van der Waals surface area contributed by atoms with Gasteiger partial charge in [-0.15, -0.1) is 0 Å². The number of amides is 1. The smallest absolute Gasteiger partial charge is 0.225 e. The molecule has 0 bridgehead atoms. The highest BCUT2D eigenvalue weighted by Gasteiger charge is 2.21. The Balaban J connectivity index is 1.85. The predicted molar refractivity (Wildman–Crippen MR) is 101 cm³/mol. The highest BCUT2D eigenvalue weighted by Crippen LogP contribution is 2.24. The Morgan fingerprint density at radius 3 is 2.65 bits per heavy atom. The van der Waals surface area contributed by atoms with Crippen LogP contribution in [0.4, 0.5) is 0 Å². The largest absolute Gasteiger partial charge is 0.497 e. The summed E-state index contributed by atoms with van der Waals surface area (Å²) in [5.74, 6) is 1.47. The SMILES string of the molecule is COc1cccc([C@H](NC(=O)Cc2ccc(C)cc2)c2nccn2C)c1. The Labute approximate surface area is 153 Å². The molecule has 3 aromatic rings. The number of aromatic nitrogens is 2. The summed E-state index contributed by atoms with van der Waals surface area (Å²) in [6, 6.07) is 15.3. The van der Waals surface area contributed by atoms with Gasteiger partial charge in [-0.2, -0.15) is 0 Å². The summed E-state index contributed by atoms with van der Waals surface area (Å²) in [4.78, 5) is 17.1. The van der Waals surface area contributed by atoms with Crippen molar-refractivity contribution < 1.29 is 9.53 Å². The fraction of sp³-hybridized carbons (Fsp3) is 0.238. The van der Waals surface area contributed by atoms with E-state index in [-0.39, 0.29) is 11.9 Å². The van der Waals surface area contributed by atoms with Gasteiger partial charge in [-0.25, -0.2) is 4.98 Å². The van der Waals surface area contributed by atoms with Crippen LogP contribution in [0.2, 0.25) is 0 Å². The van der Waals surface area contributed by atoms with Gasteiger partial charge in [0.15, 0.2) is 0 Å². The van der Waals surface area contributed by atoms with Gasteiger partial charge in [0.05, 0.1) is 13.5 Å². The zero-order valence-electron chi connectivity index (χ0n) is 15.3. The van der Waals surface area contributed by atoms with Crippen LogP contribution in [0.25, 0.3) is 0 Å². The van der Waals surface area contributed by atoms with Crippen LogP contribution in [0.3, 0.4) is 0 Å². The molecule has 0 aliphatic carbocycles. The molecule has 1 heterocycles. The molecular weight excluding hydrogens is 326 g/mol. The number of aryl methyl sites for hydroxylation is 2. The van der Waals surface area contributed by atoms with Crippen LogP contribution in [0.1, 0.15) is 28.6 Å². The van der Waals surface area contributed by atoms with Crippen molar-refractivity contribution in [2.24, 2.45) is 7.05 Å². The molecule has 0 radical (unpaired) electrons. The van der Waals surface area contributed by atoms with E-state index < -0.39 is 0 Å². The summed E-state index contributed by atoms with van der Waals surface area (Å²) in [6.07, 6.45) is 3.93. The topological polar surface area (TPSA) is 56.1 Å². The lowest BCUT2D eigenvalue weighted by atomic mass is 10.0. The number of hydrogen-bond donors (Lipinski definition) is 1. The number of carbonyl (C=O) groups excluding carboxylic acids is 1. The van der Waals surface area contributed by atoms with Gasteiger partial charge in [0, 0.05) is 19.4 Å². The number of benzene rings is 2. The summed E-state index contributed by atoms with van der Waals surface area (Å²) in [5, 5.41) is 3.11. The second-order valence-electron chi connectivity index (χ2n) is 6.34. The number of methoxy groups -OCH3 is 1. The van der Waals surface area contributed by atoms with E-state index in [0.717, 1.165) is 22.7 Å². The molecule has 134 valence electrons. The van der Waals surface area contributed by atoms with Crippen LogP contribution < -0.4 is 10.1 Å². The van der Waals surface area contributed by atoms with Gasteiger partial charge < -0.3 is 14.6 Å². The summed E-state index contributed by atoms with van der Waals surface area (Å²) in [5.41, 5.74) is 3.09. The maximum absolute atomic E-state index is 12.7. The van der Waals surface area contributed by atoms with Gasteiger partial charge >= 0.3 is 0 Å². The number of hydrogen-bond acceptors (Lipinski definition) is 3. The Hall–Kier alpha value is -3.08. The first-order valence-corrected chi connectivity index (χ1v) is 8.53. The molecule has 0 aliphatic heterocycles. The molecule has 1 N–H and O–H groups in total. The minimum atomic E-state index is -0.344. The number of nitrogens with zero attached hydrogens (tertiary/aromatic N) is 2. The van der Waals surface area contributed by atoms with Gasteiger partial charge in [-0.05, 0) is 30.2 Å². The summed E-state index contributed by atoms with van der Waals surface area (Å²) >= 11 is 0. The van der Waals surface area contributed by atoms with Gasteiger partial charge in [0.2, 0.25) is 5.91 Å². The molecule has 1 aromatic heterocycles. The molecular formula is C21H23N3O2. The zero-order valence-corrected chi connectivity index (χ0v) is 15.3. The molecule has 0 unspecified atom stereocenters. The van der Waals surface area contributed by atoms with Crippen LogP contribution in [0.5, 0.6) is 5.75 Å². The molecule has 5 heteroatoms. The Morgan fingerprint density at radius 1 is 1.23 bits per heavy atom. The number of rotatable bonds is 6. The van der Waals surface area contributed by atoms with Crippen LogP contribution in [-0.2, 0) is 18.3 Å². The Bertz CT molecular complexity index is 884. The average Bonchev–Trinajstić information content (AvgIpc) is 3.07. The van der Waals surface area contributed by atoms with E-state index >= 15 is 0 Å². The van der Waals surface area contributed by atoms with Crippen molar-refractivity contribution >= 4 is 5.91 Å². The van der Waals surface area contributed by atoms with E-state index in [9.17, 15) is 4.79 Å². The number of ether oxygens (including phenoxy) is 1. The number of imidazole rings is 1. The normalized spacial score (nSPS) is 11.8. The molecule has 0 aliphatic rings. The van der Waals surface area contributed by atoms with E-state index in [1.165, 1.54) is 5.56 Å². The van der Waals surface area contributed by atoms with Crippen molar-refractivity contribution in [3.05, 3.63) is 83.4 Å². The first-order chi connectivity index (χ1) is 12.6. The number of carbonyl (C=O) groups is 1. The van der Waals surface area contributed by atoms with Gasteiger partial charge in [-0.1, -0.05) is 42.0 Å². The van der Waals surface area contributed by atoms with Crippen molar-refractivity contribution in [3.63, 3.8) is 0 Å². The van der Waals surface area contributed by atoms with Crippen molar-refractivity contribution in [2.75, 3.05) is 7.11 Å². The minimum Gasteiger partial charge on any atom is -0.497 e. The van der Waals surface area contributed by atoms with Gasteiger partial charge in [-0.3, -0.25) is 4.79 Å². The molecule has 26 heavy (non-hydrogen) atoms. The summed E-state index contributed by atoms with van der Waals surface area (Å²) in [7, 11) is 3.55. The molecule has 5 nitrogen and oxygen atoms in total. The molecule has 2 aromatic carbocycles. The predicted octanol–water partition coefficient (Wildman–Crippen LogP) is 3.19. The van der Waals surface area contributed by atoms with Crippen LogP contribution in [0.15, 0.2) is 60.9 Å². The Morgan fingerprint density at radius 2 is 2.00 bits per heavy atom. The second kappa shape index (κ2) is 7.87. The standard InChI is InChI=1S/C21H23N3O2/c1-15-7-9-16(10-8-15)13-19(25)23-20(21-22-11-12-24(21)2)17-5-4-6-18(14-17)26-3/h4-12,14,20H,13H2,1-3H3,(H,23,25)/t20-/m0/s1. The third-order valence-corrected chi connectivity index (χ3v) is 4.33. The van der Waals surface area contributed by atoms with Crippen LogP contribution in [-0.4, -0.2) is 22.6 Å². The monoisotopic (exact) mass is 349 g/mol. The number of nitrogens with one attached hydrogen (secondary N) is 1. The second-order valence-corrected chi connectivity index (χ2v) is 6.34. The molecule has 0 saturated carbocycles. The lowest BCUT2D eigenvalue weighted by Crippen LogP contribution is -2.32. The first-order valence-electron chi connectivity index (χ1n) is 8.53. The molecule has 0 fully saturated rings.